The first-order valence-corrected chi connectivity index (χ1v) is 28.4. The number of hydrogen-bond acceptors (Lipinski definition) is 0. The number of allylic oxidation sites excluding steroid dienone is 4. The van der Waals surface area contributed by atoms with Crippen LogP contribution in [0.1, 0.15) is 111 Å². The van der Waals surface area contributed by atoms with Gasteiger partial charge in [-0.15, -0.1) is 6.92 Å². The Labute approximate surface area is 495 Å². The summed E-state index contributed by atoms with van der Waals surface area (Å²) in [5.41, 5.74) is 24.5. The van der Waals surface area contributed by atoms with Crippen molar-refractivity contribution < 1.29 is 58.9 Å². The van der Waals surface area contributed by atoms with Crippen molar-refractivity contribution in [3.8, 4) is 0 Å². The molecule has 1 atom stereocenters. The zero-order chi connectivity index (χ0) is 50.5. The van der Waals surface area contributed by atoms with Gasteiger partial charge in [0, 0.05) is 0 Å². The zero-order valence-corrected chi connectivity index (χ0v) is 50.5. The summed E-state index contributed by atoms with van der Waals surface area (Å²) < 4.78 is 0. The minimum Gasteiger partial charge on any atom is -1.00 e. The first kappa shape index (κ1) is 60.5. The predicted molar refractivity (Wildman–Crippen MR) is 313 cm³/mol. The molecule has 0 saturated heterocycles. The van der Waals surface area contributed by atoms with Crippen LogP contribution in [0.2, 0.25) is 5.04 Å². The van der Waals surface area contributed by atoms with Crippen molar-refractivity contribution in [3.63, 3.8) is 0 Å². The normalized spacial score (nSPS) is 13.9. The van der Waals surface area contributed by atoms with Gasteiger partial charge in [0.2, 0.25) is 0 Å². The molecule has 1 aliphatic carbocycles. The zero-order valence-electron chi connectivity index (χ0n) is 45.7. The Morgan fingerprint density at radius 2 is 0.558 bits per heavy atom. The summed E-state index contributed by atoms with van der Waals surface area (Å²) >= 11 is 0. The van der Waals surface area contributed by atoms with Crippen LogP contribution in [0.4, 0.5) is 0 Å². The van der Waals surface area contributed by atoms with Gasteiger partial charge in [-0.25, -0.2) is 5.57 Å². The van der Waals surface area contributed by atoms with E-state index in [1.165, 1.54) is 116 Å². The topological polar surface area (TPSA) is 0 Å². The molecule has 0 fully saturated rings. The standard InChI is InChI=1S/C72H69Si.3ClH.Ti/c1-51-50-72(7,56(6)52(51)2)73(69-47-63(38-57-26-14-8-15-27-57)44-66(53(69)3)41-60-32-20-11-21-33-60,70-48-64(39-58-28-16-9-17-29-58)45-67(54(70)4)42-61-34-22-12-23-35-61)71-49-65(40-59-30-18-10-19-31-59)46-68(55(71)5)43-62-36-24-13-25-37-62;;;;/h8-37,44-49H,38-43H2,1-7H3;3*1H;/q-1;;;;+4/p-3. The molecule has 10 rings (SSSR count). The van der Waals surface area contributed by atoms with Crippen molar-refractivity contribution >= 4 is 23.6 Å². The van der Waals surface area contributed by atoms with E-state index in [9.17, 15) is 0 Å². The maximum absolute atomic E-state index is 4.47. The van der Waals surface area contributed by atoms with Gasteiger partial charge in [-0.1, -0.05) is 244 Å². The van der Waals surface area contributed by atoms with E-state index in [-0.39, 0.29) is 58.9 Å². The first-order valence-electron chi connectivity index (χ1n) is 26.4. The third kappa shape index (κ3) is 12.7. The van der Waals surface area contributed by atoms with Gasteiger partial charge in [-0.3, -0.25) is 6.08 Å². The molecule has 1 aliphatic rings. The van der Waals surface area contributed by atoms with Crippen molar-refractivity contribution in [2.75, 3.05) is 0 Å². The molecule has 0 N–H and O–H groups in total. The molecule has 9 aromatic carbocycles. The minimum atomic E-state index is -3.48. The molecule has 0 spiro atoms. The molecule has 0 nitrogen and oxygen atoms in total. The monoisotopic (exact) mass is 1110 g/mol. The van der Waals surface area contributed by atoms with Crippen LogP contribution in [0.3, 0.4) is 0 Å². The molecule has 0 aliphatic heterocycles. The number of benzene rings is 9. The molecule has 0 saturated carbocycles. The third-order valence-corrected chi connectivity index (χ3v) is 22.4. The van der Waals surface area contributed by atoms with E-state index >= 15 is 0 Å². The van der Waals surface area contributed by atoms with Crippen LogP contribution in [0.5, 0.6) is 0 Å². The van der Waals surface area contributed by atoms with Gasteiger partial charge in [0.15, 0.2) is 0 Å². The molecule has 0 aromatic heterocycles. The molecule has 386 valence electrons. The van der Waals surface area contributed by atoms with Crippen molar-refractivity contribution in [1.82, 2.24) is 0 Å². The fourth-order valence-electron chi connectivity index (χ4n) is 12.3. The van der Waals surface area contributed by atoms with E-state index in [1.54, 1.807) is 0 Å². The van der Waals surface area contributed by atoms with Gasteiger partial charge in [-0.05, 0) is 158 Å². The molecule has 9 aromatic rings. The molecular formula is C72H69Cl3SiTi. The van der Waals surface area contributed by atoms with Crippen LogP contribution in [0.15, 0.2) is 235 Å². The maximum atomic E-state index is 4.47. The molecule has 77 heavy (non-hydrogen) atoms. The fraction of sp³-hybridized carbons (Fsp3) is 0.194. The Bertz CT molecular complexity index is 3120. The summed E-state index contributed by atoms with van der Waals surface area (Å²) in [6, 6.07) is 82.6. The van der Waals surface area contributed by atoms with E-state index < -0.39 is 13.1 Å². The van der Waals surface area contributed by atoms with Crippen LogP contribution in [0.25, 0.3) is 0 Å². The van der Waals surface area contributed by atoms with Gasteiger partial charge >= 0.3 is 21.7 Å². The second kappa shape index (κ2) is 26.7. The average Bonchev–Trinajstić information content (AvgIpc) is 3.86. The number of rotatable bonds is 16. The minimum absolute atomic E-state index is 0. The molecule has 0 amide bonds. The summed E-state index contributed by atoms with van der Waals surface area (Å²) in [6.45, 7) is 17.2. The van der Waals surface area contributed by atoms with Crippen LogP contribution in [-0.4, -0.2) is 8.07 Å². The summed E-state index contributed by atoms with van der Waals surface area (Å²) in [4.78, 5) is 0. The quantitative estimate of drug-likeness (QED) is 0.0590. The van der Waals surface area contributed by atoms with E-state index in [4.69, 9.17) is 0 Å². The van der Waals surface area contributed by atoms with Crippen molar-refractivity contribution in [2.45, 2.75) is 92.0 Å². The second-order valence-corrected chi connectivity index (χ2v) is 25.2. The van der Waals surface area contributed by atoms with Gasteiger partial charge in [-0.2, -0.15) is 11.1 Å². The molecular weight excluding hydrogens is 1050 g/mol. The van der Waals surface area contributed by atoms with Crippen LogP contribution in [0, 0.1) is 26.8 Å². The van der Waals surface area contributed by atoms with Crippen molar-refractivity contribution in [1.29, 1.82) is 0 Å². The summed E-state index contributed by atoms with van der Waals surface area (Å²) in [7, 11) is -3.48. The van der Waals surface area contributed by atoms with Crippen molar-refractivity contribution in [2.24, 2.45) is 0 Å². The molecule has 1 unspecified atom stereocenters. The SMILES string of the molecule is CC1=[C-]C(C)([Si](c2cc(Cc3ccccc3)cc(Cc3ccccc3)c2C)(c2cc(Cc3ccccc3)cc(Cc3ccccc3)c2C)c2cc(Cc3ccccc3)cc(Cc3ccccc3)c2C)C(C)=C1C.[Cl-].[Cl-].[Cl-].[Ti+4]. The Balaban J connectivity index is 0.00000240. The van der Waals surface area contributed by atoms with E-state index in [1.807, 2.05) is 0 Å². The predicted octanol–water partition coefficient (Wildman–Crippen LogP) is 6.50. The second-order valence-electron chi connectivity index (χ2n) is 21.1. The van der Waals surface area contributed by atoms with Crippen LogP contribution < -0.4 is 52.8 Å². The summed E-state index contributed by atoms with van der Waals surface area (Å²) in [5.74, 6) is 0. The third-order valence-electron chi connectivity index (χ3n) is 16.5. The van der Waals surface area contributed by atoms with Crippen molar-refractivity contribution in [3.05, 3.63) is 325 Å². The molecule has 0 heterocycles. The largest absolute Gasteiger partial charge is 4.00 e. The van der Waals surface area contributed by atoms with Gasteiger partial charge in [0.1, 0.15) is 8.07 Å². The van der Waals surface area contributed by atoms with E-state index in [0.29, 0.717) is 0 Å². The van der Waals surface area contributed by atoms with Gasteiger partial charge < -0.3 is 37.2 Å². The Hall–Kier alpha value is -5.74. The Morgan fingerprint density at radius 3 is 0.779 bits per heavy atom. The van der Waals surface area contributed by atoms with E-state index in [2.05, 4.69) is 273 Å². The van der Waals surface area contributed by atoms with Gasteiger partial charge in [0.05, 0.1) is 0 Å². The Kier molecular flexibility index (Phi) is 21.0. The first-order chi connectivity index (χ1) is 35.5. The smallest absolute Gasteiger partial charge is 1.00 e. The van der Waals surface area contributed by atoms with Crippen LogP contribution in [-0.2, 0) is 60.2 Å². The average molecular weight is 1120 g/mol. The number of hydrogen-bond donors (Lipinski definition) is 0. The summed E-state index contributed by atoms with van der Waals surface area (Å²) in [5, 5.41) is 4.02. The maximum Gasteiger partial charge on any atom is 4.00 e. The van der Waals surface area contributed by atoms with Gasteiger partial charge in [0.25, 0.3) is 0 Å². The molecule has 5 heteroatoms. The Morgan fingerprint density at radius 1 is 0.325 bits per heavy atom. The van der Waals surface area contributed by atoms with Crippen LogP contribution >= 0.6 is 0 Å². The van der Waals surface area contributed by atoms with E-state index in [0.717, 1.165) is 38.5 Å². The molecule has 0 bridgehead atoms. The summed E-state index contributed by atoms with van der Waals surface area (Å²) in [6.07, 6.45) is 9.58. The number of halogens is 3. The fourth-order valence-corrected chi connectivity index (χ4v) is 19.3. The molecule has 0 radical (unpaired) electrons.